The van der Waals surface area contributed by atoms with Crippen LogP contribution < -0.4 is 5.73 Å². The van der Waals surface area contributed by atoms with Crippen molar-refractivity contribution in [2.45, 2.75) is 11.8 Å². The number of hydrogen-bond donors (Lipinski definition) is 2. The largest absolute Gasteiger partial charge is 0.398 e. The van der Waals surface area contributed by atoms with Crippen LogP contribution in [-0.4, -0.2) is 24.5 Å². The second kappa shape index (κ2) is 4.49. The van der Waals surface area contributed by atoms with Crippen LogP contribution in [0.15, 0.2) is 35.2 Å². The predicted octanol–water partition coefficient (Wildman–Crippen LogP) is 1.60. The monoisotopic (exact) mass is 317 g/mol. The minimum atomic E-state index is -4.55. The average Bonchev–Trinajstić information content (AvgIpc) is 2.45. The average molecular weight is 317 g/mol. The Morgan fingerprint density at radius 2 is 1.50 bits per heavy atom. The molecule has 0 saturated heterocycles. The number of benzene rings is 2. The van der Waals surface area contributed by atoms with Gasteiger partial charge in [-0.05, 0) is 18.6 Å². The molecule has 7 heteroatoms. The highest BCUT2D eigenvalue weighted by atomic mass is 32.2. The molecule has 0 heterocycles. The zero-order valence-electron chi connectivity index (χ0n) is 11.5. The third-order valence-corrected chi connectivity index (χ3v) is 4.70. The number of rotatable bonds is 1. The van der Waals surface area contributed by atoms with Crippen LogP contribution in [-0.2, 0) is 10.1 Å². The topological polar surface area (TPSA) is 115 Å². The van der Waals surface area contributed by atoms with Gasteiger partial charge in [0.25, 0.3) is 10.1 Å². The van der Waals surface area contributed by atoms with E-state index in [0.717, 1.165) is 6.07 Å². The standard InChI is InChI=1S/C15H11NO5S/c1-7-11(22(19,20)21)6-10(16)13-12(7)14(17)8-4-2-3-5-9(8)15(13)18/h2-6H,16H2,1H3,(H,19,20,21). The van der Waals surface area contributed by atoms with E-state index < -0.39 is 26.6 Å². The highest BCUT2D eigenvalue weighted by Crippen LogP contribution is 2.35. The Bertz CT molecular complexity index is 960. The third-order valence-electron chi connectivity index (χ3n) is 3.72. The number of fused-ring (bicyclic) bond motifs is 2. The number of hydrogen-bond acceptors (Lipinski definition) is 5. The van der Waals surface area contributed by atoms with E-state index in [1.165, 1.54) is 19.1 Å². The van der Waals surface area contributed by atoms with Crippen LogP contribution in [0.3, 0.4) is 0 Å². The maximum Gasteiger partial charge on any atom is 0.294 e. The molecule has 0 spiro atoms. The van der Waals surface area contributed by atoms with Crippen LogP contribution in [0.5, 0.6) is 0 Å². The fourth-order valence-electron chi connectivity index (χ4n) is 2.72. The lowest BCUT2D eigenvalue weighted by Crippen LogP contribution is -2.24. The summed E-state index contributed by atoms with van der Waals surface area (Å²) in [6.45, 7) is 1.36. The van der Waals surface area contributed by atoms with E-state index in [9.17, 15) is 22.6 Å². The number of carbonyl (C=O) groups is 2. The van der Waals surface area contributed by atoms with Crippen molar-refractivity contribution in [3.63, 3.8) is 0 Å². The van der Waals surface area contributed by atoms with Gasteiger partial charge in [-0.15, -0.1) is 0 Å². The van der Waals surface area contributed by atoms with Gasteiger partial charge in [-0.3, -0.25) is 14.1 Å². The summed E-state index contributed by atoms with van der Waals surface area (Å²) in [5, 5.41) is 0. The number of ketones is 2. The lowest BCUT2D eigenvalue weighted by molar-refractivity contribution is 0.0979. The number of nitrogens with two attached hydrogens (primary N) is 1. The smallest absolute Gasteiger partial charge is 0.294 e. The van der Waals surface area contributed by atoms with Gasteiger partial charge in [0.15, 0.2) is 11.6 Å². The van der Waals surface area contributed by atoms with Crippen molar-refractivity contribution in [3.8, 4) is 0 Å². The first-order chi connectivity index (χ1) is 10.2. The van der Waals surface area contributed by atoms with Crippen molar-refractivity contribution in [1.29, 1.82) is 0 Å². The van der Waals surface area contributed by atoms with Crippen LogP contribution in [0.1, 0.15) is 37.4 Å². The van der Waals surface area contributed by atoms with E-state index in [0.29, 0.717) is 0 Å². The first-order valence-corrected chi connectivity index (χ1v) is 7.76. The zero-order valence-corrected chi connectivity index (χ0v) is 12.3. The SMILES string of the molecule is Cc1c(S(=O)(=O)O)cc(N)c2c1C(=O)c1ccccc1C2=O. The number of nitrogen functional groups attached to an aromatic ring is 1. The highest BCUT2D eigenvalue weighted by molar-refractivity contribution is 7.85. The highest BCUT2D eigenvalue weighted by Gasteiger charge is 2.34. The predicted molar refractivity (Wildman–Crippen MR) is 78.7 cm³/mol. The number of carbonyl (C=O) groups excluding carboxylic acids is 2. The van der Waals surface area contributed by atoms with Gasteiger partial charge < -0.3 is 5.73 Å². The van der Waals surface area contributed by atoms with Crippen molar-refractivity contribution in [2.75, 3.05) is 5.73 Å². The molecule has 0 unspecified atom stereocenters. The summed E-state index contributed by atoms with van der Waals surface area (Å²) in [5.41, 5.74) is 5.96. The van der Waals surface area contributed by atoms with Gasteiger partial charge in [0.2, 0.25) is 0 Å². The lowest BCUT2D eigenvalue weighted by Gasteiger charge is -2.21. The summed E-state index contributed by atoms with van der Waals surface area (Å²) >= 11 is 0. The molecule has 3 N–H and O–H groups in total. The number of anilines is 1. The molecule has 112 valence electrons. The molecule has 1 aliphatic rings. The molecule has 6 nitrogen and oxygen atoms in total. The van der Waals surface area contributed by atoms with Crippen LogP contribution >= 0.6 is 0 Å². The molecule has 0 radical (unpaired) electrons. The van der Waals surface area contributed by atoms with Gasteiger partial charge in [-0.1, -0.05) is 24.3 Å². The molecule has 0 atom stereocenters. The molecule has 0 amide bonds. The summed E-state index contributed by atoms with van der Waals surface area (Å²) in [6, 6.07) is 7.26. The van der Waals surface area contributed by atoms with Crippen molar-refractivity contribution in [1.82, 2.24) is 0 Å². The van der Waals surface area contributed by atoms with Crippen LogP contribution in [0.2, 0.25) is 0 Å². The Morgan fingerprint density at radius 1 is 1.00 bits per heavy atom. The molecule has 2 aromatic rings. The molecular formula is C15H11NO5S. The lowest BCUT2D eigenvalue weighted by atomic mass is 9.81. The van der Waals surface area contributed by atoms with Gasteiger partial charge in [-0.25, -0.2) is 0 Å². The Labute approximate surface area is 126 Å². The summed E-state index contributed by atoms with van der Waals surface area (Å²) in [5.74, 6) is -0.924. The second-order valence-corrected chi connectivity index (χ2v) is 6.41. The molecule has 22 heavy (non-hydrogen) atoms. The molecule has 3 rings (SSSR count). The van der Waals surface area contributed by atoms with Crippen molar-refractivity contribution in [2.24, 2.45) is 0 Å². The fourth-order valence-corrected chi connectivity index (χ4v) is 3.49. The first kappa shape index (κ1) is 14.4. The quantitative estimate of drug-likeness (QED) is 0.520. The summed E-state index contributed by atoms with van der Waals surface area (Å²) in [4.78, 5) is 24.7. The zero-order chi connectivity index (χ0) is 16.2. The van der Waals surface area contributed by atoms with E-state index in [1.54, 1.807) is 12.1 Å². The van der Waals surface area contributed by atoms with E-state index in [2.05, 4.69) is 0 Å². The Hall–Kier alpha value is -2.51. The Balaban J connectivity index is 2.44. The summed E-state index contributed by atoms with van der Waals surface area (Å²) < 4.78 is 32.1. The molecule has 0 fully saturated rings. The maximum absolute atomic E-state index is 12.6. The third kappa shape index (κ3) is 1.87. The molecule has 0 aliphatic heterocycles. The maximum atomic E-state index is 12.6. The van der Waals surface area contributed by atoms with E-state index in [-0.39, 0.29) is 33.5 Å². The van der Waals surface area contributed by atoms with Gasteiger partial charge in [-0.2, -0.15) is 8.42 Å². The van der Waals surface area contributed by atoms with Crippen LogP contribution in [0.25, 0.3) is 0 Å². The van der Waals surface area contributed by atoms with Crippen molar-refractivity contribution >= 4 is 27.4 Å². The van der Waals surface area contributed by atoms with Gasteiger partial charge in [0.1, 0.15) is 0 Å². The van der Waals surface area contributed by atoms with Crippen molar-refractivity contribution in [3.05, 3.63) is 58.1 Å². The van der Waals surface area contributed by atoms with E-state index in [4.69, 9.17) is 5.73 Å². The van der Waals surface area contributed by atoms with Crippen LogP contribution in [0, 0.1) is 6.92 Å². The van der Waals surface area contributed by atoms with E-state index >= 15 is 0 Å². The molecular weight excluding hydrogens is 306 g/mol. The summed E-state index contributed by atoms with van der Waals surface area (Å²) in [6.07, 6.45) is 0. The van der Waals surface area contributed by atoms with Crippen molar-refractivity contribution < 1.29 is 22.6 Å². The second-order valence-electron chi connectivity index (χ2n) is 5.02. The van der Waals surface area contributed by atoms with Gasteiger partial charge in [0, 0.05) is 22.4 Å². The summed E-state index contributed by atoms with van der Waals surface area (Å²) in [7, 11) is -4.55. The molecule has 0 bridgehead atoms. The molecule has 0 saturated carbocycles. The fraction of sp³-hybridized carbons (Fsp3) is 0.0667. The minimum Gasteiger partial charge on any atom is -0.398 e. The molecule has 0 aromatic heterocycles. The van der Waals surface area contributed by atoms with Crippen LogP contribution in [0.4, 0.5) is 5.69 Å². The first-order valence-electron chi connectivity index (χ1n) is 6.32. The molecule has 2 aromatic carbocycles. The van der Waals surface area contributed by atoms with E-state index in [1.807, 2.05) is 0 Å². The Morgan fingerprint density at radius 3 is 2.00 bits per heavy atom. The molecule has 1 aliphatic carbocycles. The van der Waals surface area contributed by atoms with Gasteiger partial charge >= 0.3 is 0 Å². The Kier molecular flexibility index (Phi) is 2.95. The minimum absolute atomic E-state index is 0.0135. The van der Waals surface area contributed by atoms with Gasteiger partial charge in [0.05, 0.1) is 10.5 Å². The normalized spacial score (nSPS) is 13.7.